The zero-order valence-electron chi connectivity index (χ0n) is 18.5. The van der Waals surface area contributed by atoms with E-state index in [2.05, 4.69) is 71.9 Å². The SMILES string of the molecule is CCCCCCc1ccsc1C#CCNC(=O)OCC1c2ccccc2-c2ccccc21. The van der Waals surface area contributed by atoms with Gasteiger partial charge in [-0.25, -0.2) is 4.79 Å². The van der Waals surface area contributed by atoms with Crippen LogP contribution in [0.1, 0.15) is 60.1 Å². The van der Waals surface area contributed by atoms with E-state index in [0.29, 0.717) is 6.61 Å². The lowest BCUT2D eigenvalue weighted by molar-refractivity contribution is 0.144. The van der Waals surface area contributed by atoms with Crippen molar-refractivity contribution in [3.63, 3.8) is 0 Å². The molecule has 4 heteroatoms. The number of amides is 1. The fourth-order valence-electron chi connectivity index (χ4n) is 4.27. The molecule has 1 N–H and O–H groups in total. The predicted molar refractivity (Wildman–Crippen MR) is 132 cm³/mol. The number of hydrogen-bond acceptors (Lipinski definition) is 3. The highest BCUT2D eigenvalue weighted by Gasteiger charge is 2.28. The molecular weight excluding hydrogens is 414 g/mol. The van der Waals surface area contributed by atoms with Gasteiger partial charge < -0.3 is 10.1 Å². The fraction of sp³-hybridized carbons (Fsp3) is 0.321. The topological polar surface area (TPSA) is 38.3 Å². The van der Waals surface area contributed by atoms with Crippen LogP contribution < -0.4 is 5.32 Å². The van der Waals surface area contributed by atoms with Crippen LogP contribution in [0, 0.1) is 11.8 Å². The van der Waals surface area contributed by atoms with Gasteiger partial charge in [-0.2, -0.15) is 0 Å². The van der Waals surface area contributed by atoms with Crippen molar-refractivity contribution < 1.29 is 9.53 Å². The zero-order valence-corrected chi connectivity index (χ0v) is 19.3. The molecule has 1 aliphatic carbocycles. The van der Waals surface area contributed by atoms with E-state index in [1.54, 1.807) is 11.3 Å². The number of unbranched alkanes of at least 4 members (excludes halogenated alkanes) is 3. The van der Waals surface area contributed by atoms with E-state index in [-0.39, 0.29) is 12.5 Å². The maximum Gasteiger partial charge on any atom is 0.407 e. The molecule has 0 radical (unpaired) electrons. The van der Waals surface area contributed by atoms with Gasteiger partial charge in [-0.15, -0.1) is 11.3 Å². The second kappa shape index (κ2) is 11.0. The van der Waals surface area contributed by atoms with Crippen molar-refractivity contribution in [2.24, 2.45) is 0 Å². The summed E-state index contributed by atoms with van der Waals surface area (Å²) < 4.78 is 5.56. The van der Waals surface area contributed by atoms with E-state index in [0.717, 1.165) is 11.3 Å². The second-order valence-corrected chi connectivity index (χ2v) is 8.98. The van der Waals surface area contributed by atoms with Gasteiger partial charge in [0, 0.05) is 5.92 Å². The van der Waals surface area contributed by atoms with E-state index < -0.39 is 6.09 Å². The lowest BCUT2D eigenvalue weighted by Gasteiger charge is -2.14. The molecule has 32 heavy (non-hydrogen) atoms. The molecule has 3 aromatic rings. The summed E-state index contributed by atoms with van der Waals surface area (Å²) in [5.41, 5.74) is 6.20. The summed E-state index contributed by atoms with van der Waals surface area (Å²) in [6, 6.07) is 18.8. The maximum absolute atomic E-state index is 12.3. The first-order valence-electron chi connectivity index (χ1n) is 11.4. The van der Waals surface area contributed by atoms with E-state index in [1.807, 2.05) is 12.1 Å². The maximum atomic E-state index is 12.3. The van der Waals surface area contributed by atoms with Crippen LogP contribution in [0.2, 0.25) is 0 Å². The van der Waals surface area contributed by atoms with Crippen molar-refractivity contribution in [2.75, 3.05) is 13.2 Å². The average molecular weight is 444 g/mol. The molecule has 0 saturated carbocycles. The van der Waals surface area contributed by atoms with Crippen molar-refractivity contribution in [3.8, 4) is 23.0 Å². The molecule has 1 amide bonds. The Kier molecular flexibility index (Phi) is 7.64. The monoisotopic (exact) mass is 443 g/mol. The van der Waals surface area contributed by atoms with E-state index >= 15 is 0 Å². The summed E-state index contributed by atoms with van der Waals surface area (Å²) in [5.74, 6) is 6.35. The molecule has 0 spiro atoms. The van der Waals surface area contributed by atoms with Gasteiger partial charge in [-0.3, -0.25) is 0 Å². The molecule has 0 unspecified atom stereocenters. The number of benzene rings is 2. The van der Waals surface area contributed by atoms with Crippen LogP contribution in [-0.4, -0.2) is 19.2 Å². The number of rotatable bonds is 8. The standard InChI is InChI=1S/C28H29NO2S/c1-2-3-4-5-11-21-17-19-32-27(21)16-10-18-29-28(30)31-20-26-24-14-8-6-12-22(24)23-13-7-9-15-25(23)26/h6-9,12-15,17,19,26H,2-5,11,18,20H2,1H3,(H,29,30). The number of aryl methyl sites for hydroxylation is 1. The minimum absolute atomic E-state index is 0.0700. The normalized spacial score (nSPS) is 11.9. The second-order valence-electron chi connectivity index (χ2n) is 8.07. The van der Waals surface area contributed by atoms with Crippen LogP contribution in [0.3, 0.4) is 0 Å². The number of carbonyl (C=O) groups is 1. The number of alkyl carbamates (subject to hydrolysis) is 1. The molecule has 164 valence electrons. The van der Waals surface area contributed by atoms with Crippen LogP contribution in [0.4, 0.5) is 4.79 Å². The molecule has 1 aromatic heterocycles. The summed E-state index contributed by atoms with van der Waals surface area (Å²) in [4.78, 5) is 13.4. The third kappa shape index (κ3) is 5.23. The number of nitrogens with one attached hydrogen (secondary N) is 1. The Hall–Kier alpha value is -3.03. The summed E-state index contributed by atoms with van der Waals surface area (Å²) >= 11 is 1.67. The Morgan fingerprint density at radius 2 is 1.72 bits per heavy atom. The molecule has 1 heterocycles. The van der Waals surface area contributed by atoms with E-state index in [9.17, 15) is 4.79 Å². The van der Waals surface area contributed by atoms with Gasteiger partial charge in [0.1, 0.15) is 6.61 Å². The Labute approximate surface area is 194 Å². The van der Waals surface area contributed by atoms with Gasteiger partial charge in [-0.05, 0) is 52.1 Å². The first-order valence-corrected chi connectivity index (χ1v) is 12.3. The van der Waals surface area contributed by atoms with Crippen molar-refractivity contribution >= 4 is 17.4 Å². The largest absolute Gasteiger partial charge is 0.449 e. The lowest BCUT2D eigenvalue weighted by atomic mass is 9.98. The van der Waals surface area contributed by atoms with Gasteiger partial charge in [0.05, 0.1) is 11.4 Å². The average Bonchev–Trinajstić information content (AvgIpc) is 3.40. The van der Waals surface area contributed by atoms with Gasteiger partial charge >= 0.3 is 6.09 Å². The highest BCUT2D eigenvalue weighted by molar-refractivity contribution is 7.10. The Morgan fingerprint density at radius 1 is 1.00 bits per heavy atom. The molecule has 1 aliphatic rings. The van der Waals surface area contributed by atoms with Gasteiger partial charge in [0.25, 0.3) is 0 Å². The quantitative estimate of drug-likeness (QED) is 0.308. The van der Waals surface area contributed by atoms with Crippen LogP contribution in [0.5, 0.6) is 0 Å². The highest BCUT2D eigenvalue weighted by atomic mass is 32.1. The summed E-state index contributed by atoms with van der Waals surface area (Å²) in [6.45, 7) is 2.83. The van der Waals surface area contributed by atoms with Gasteiger partial charge in [0.15, 0.2) is 0 Å². The van der Waals surface area contributed by atoms with Crippen LogP contribution in [-0.2, 0) is 11.2 Å². The van der Waals surface area contributed by atoms with E-state index in [1.165, 1.54) is 53.5 Å². The third-order valence-corrected chi connectivity index (χ3v) is 6.79. The number of thiophene rings is 1. The van der Waals surface area contributed by atoms with Crippen molar-refractivity contribution in [1.29, 1.82) is 0 Å². The minimum atomic E-state index is -0.424. The van der Waals surface area contributed by atoms with Crippen LogP contribution in [0.15, 0.2) is 60.0 Å². The highest BCUT2D eigenvalue weighted by Crippen LogP contribution is 2.44. The Balaban J connectivity index is 1.27. The van der Waals surface area contributed by atoms with Gasteiger partial charge in [0.2, 0.25) is 0 Å². The van der Waals surface area contributed by atoms with Gasteiger partial charge in [-0.1, -0.05) is 86.6 Å². The summed E-state index contributed by atoms with van der Waals surface area (Å²) in [7, 11) is 0. The van der Waals surface area contributed by atoms with Crippen LogP contribution in [0.25, 0.3) is 11.1 Å². The molecule has 0 atom stereocenters. The van der Waals surface area contributed by atoms with Crippen molar-refractivity contribution in [2.45, 2.75) is 44.9 Å². The molecule has 2 aromatic carbocycles. The number of carbonyl (C=O) groups excluding carboxylic acids is 1. The van der Waals surface area contributed by atoms with Crippen molar-refractivity contribution in [3.05, 3.63) is 81.5 Å². The van der Waals surface area contributed by atoms with Crippen LogP contribution >= 0.6 is 11.3 Å². The van der Waals surface area contributed by atoms with Crippen molar-refractivity contribution in [1.82, 2.24) is 5.32 Å². The Morgan fingerprint density at radius 3 is 2.44 bits per heavy atom. The first kappa shape index (κ1) is 22.2. The Bertz CT molecular complexity index is 1080. The molecule has 4 rings (SSSR count). The molecular formula is C28H29NO2S. The molecule has 0 bridgehead atoms. The predicted octanol–water partition coefficient (Wildman–Crippen LogP) is 6.76. The lowest BCUT2D eigenvalue weighted by Crippen LogP contribution is -2.26. The number of hydrogen-bond donors (Lipinski definition) is 1. The zero-order chi connectivity index (χ0) is 22.2. The molecule has 0 aliphatic heterocycles. The number of fused-ring (bicyclic) bond motifs is 3. The smallest absolute Gasteiger partial charge is 0.407 e. The molecule has 3 nitrogen and oxygen atoms in total. The molecule has 0 fully saturated rings. The molecule has 0 saturated heterocycles. The minimum Gasteiger partial charge on any atom is -0.449 e. The number of ether oxygens (including phenoxy) is 1. The fourth-order valence-corrected chi connectivity index (χ4v) is 5.10. The first-order chi connectivity index (χ1) is 15.8. The third-order valence-electron chi connectivity index (χ3n) is 5.91. The van der Waals surface area contributed by atoms with E-state index in [4.69, 9.17) is 4.74 Å². The summed E-state index contributed by atoms with van der Waals surface area (Å²) in [6.07, 6.45) is 5.66. The summed E-state index contributed by atoms with van der Waals surface area (Å²) in [5, 5.41) is 4.86.